The second kappa shape index (κ2) is 6.40. The summed E-state index contributed by atoms with van der Waals surface area (Å²) < 4.78 is 0. The Morgan fingerprint density at radius 3 is 2.60 bits per heavy atom. The lowest BCUT2D eigenvalue weighted by molar-refractivity contribution is 0.0963. The first kappa shape index (κ1) is 12.0. The van der Waals surface area contributed by atoms with Gasteiger partial charge in [0.25, 0.3) is 5.91 Å². The summed E-state index contributed by atoms with van der Waals surface area (Å²) in [5, 5.41) is 3.56. The molecular formula is C12H14BrNO. The number of carbonyl (C=O) groups is 1. The summed E-state index contributed by atoms with van der Waals surface area (Å²) in [6.07, 6.45) is 5.16. The number of nitrogens with one attached hydrogen (secondary N) is 1. The molecule has 1 amide bonds. The Kier molecular flexibility index (Phi) is 5.12. The quantitative estimate of drug-likeness (QED) is 0.836. The van der Waals surface area contributed by atoms with E-state index in [-0.39, 0.29) is 5.91 Å². The zero-order valence-electron chi connectivity index (χ0n) is 8.66. The SMILES string of the molecule is CNC(=O)c1ccc(C=CCCBr)cc1. The van der Waals surface area contributed by atoms with Crippen LogP contribution in [0.25, 0.3) is 6.08 Å². The van der Waals surface area contributed by atoms with Crippen molar-refractivity contribution < 1.29 is 4.79 Å². The van der Waals surface area contributed by atoms with Crippen molar-refractivity contribution in [3.8, 4) is 0 Å². The number of hydrogen-bond donors (Lipinski definition) is 1. The van der Waals surface area contributed by atoms with Crippen LogP contribution in [0.2, 0.25) is 0 Å². The molecule has 0 aromatic heterocycles. The predicted octanol–water partition coefficient (Wildman–Crippen LogP) is 2.84. The summed E-state index contributed by atoms with van der Waals surface area (Å²) >= 11 is 3.36. The van der Waals surface area contributed by atoms with Crippen molar-refractivity contribution in [1.82, 2.24) is 5.32 Å². The number of rotatable bonds is 4. The molecule has 0 saturated carbocycles. The van der Waals surface area contributed by atoms with Gasteiger partial charge in [-0.1, -0.05) is 40.2 Å². The summed E-state index contributed by atoms with van der Waals surface area (Å²) in [5.74, 6) is -0.0500. The molecule has 0 unspecified atom stereocenters. The van der Waals surface area contributed by atoms with Crippen molar-refractivity contribution in [2.75, 3.05) is 12.4 Å². The van der Waals surface area contributed by atoms with Gasteiger partial charge in [0, 0.05) is 17.9 Å². The van der Waals surface area contributed by atoms with Crippen LogP contribution in [0.5, 0.6) is 0 Å². The number of allylic oxidation sites excluding steroid dienone is 1. The van der Waals surface area contributed by atoms with Gasteiger partial charge in [-0.05, 0) is 24.1 Å². The third-order valence-electron chi connectivity index (χ3n) is 1.99. The monoisotopic (exact) mass is 267 g/mol. The summed E-state index contributed by atoms with van der Waals surface area (Å²) in [5.41, 5.74) is 1.80. The summed E-state index contributed by atoms with van der Waals surface area (Å²) in [7, 11) is 1.63. The maximum atomic E-state index is 11.2. The van der Waals surface area contributed by atoms with E-state index in [4.69, 9.17) is 0 Å². The van der Waals surface area contributed by atoms with Crippen LogP contribution in [0, 0.1) is 0 Å². The van der Waals surface area contributed by atoms with Gasteiger partial charge in [-0.2, -0.15) is 0 Å². The Labute approximate surface area is 98.5 Å². The highest BCUT2D eigenvalue weighted by atomic mass is 79.9. The maximum Gasteiger partial charge on any atom is 0.251 e. The summed E-state index contributed by atoms with van der Waals surface area (Å²) in [6.45, 7) is 0. The molecule has 0 bridgehead atoms. The lowest BCUT2D eigenvalue weighted by atomic mass is 10.1. The van der Waals surface area contributed by atoms with Crippen molar-refractivity contribution in [3.63, 3.8) is 0 Å². The number of halogens is 1. The van der Waals surface area contributed by atoms with Crippen LogP contribution in [0.3, 0.4) is 0 Å². The first-order valence-electron chi connectivity index (χ1n) is 4.82. The van der Waals surface area contributed by atoms with Crippen molar-refractivity contribution in [2.24, 2.45) is 0 Å². The third-order valence-corrected chi connectivity index (χ3v) is 2.44. The molecule has 0 fully saturated rings. The fraction of sp³-hybridized carbons (Fsp3) is 0.250. The zero-order valence-corrected chi connectivity index (χ0v) is 10.3. The number of benzene rings is 1. The van der Waals surface area contributed by atoms with Gasteiger partial charge >= 0.3 is 0 Å². The second-order valence-electron chi connectivity index (χ2n) is 3.08. The van der Waals surface area contributed by atoms with E-state index in [1.807, 2.05) is 24.3 Å². The molecule has 15 heavy (non-hydrogen) atoms. The van der Waals surface area contributed by atoms with Crippen LogP contribution in [-0.2, 0) is 0 Å². The van der Waals surface area contributed by atoms with Gasteiger partial charge in [-0.15, -0.1) is 0 Å². The molecule has 1 N–H and O–H groups in total. The third kappa shape index (κ3) is 3.88. The van der Waals surface area contributed by atoms with Crippen LogP contribution in [0.15, 0.2) is 30.3 Å². The molecule has 0 saturated heterocycles. The molecule has 80 valence electrons. The number of alkyl halides is 1. The van der Waals surface area contributed by atoms with Gasteiger partial charge in [0.05, 0.1) is 0 Å². The van der Waals surface area contributed by atoms with E-state index in [2.05, 4.69) is 33.4 Å². The van der Waals surface area contributed by atoms with E-state index >= 15 is 0 Å². The molecule has 2 nitrogen and oxygen atoms in total. The average Bonchev–Trinajstić information content (AvgIpc) is 2.29. The fourth-order valence-electron chi connectivity index (χ4n) is 1.17. The minimum atomic E-state index is -0.0500. The Morgan fingerprint density at radius 1 is 1.40 bits per heavy atom. The molecule has 0 radical (unpaired) electrons. The molecule has 0 spiro atoms. The van der Waals surface area contributed by atoms with Gasteiger partial charge in [-0.25, -0.2) is 0 Å². The Balaban J connectivity index is 2.68. The highest BCUT2D eigenvalue weighted by Crippen LogP contribution is 2.06. The topological polar surface area (TPSA) is 29.1 Å². The number of amides is 1. The largest absolute Gasteiger partial charge is 0.355 e. The molecule has 0 aliphatic heterocycles. The maximum absolute atomic E-state index is 11.2. The molecule has 1 aromatic carbocycles. The molecule has 0 aliphatic rings. The van der Waals surface area contributed by atoms with Gasteiger partial charge in [-0.3, -0.25) is 4.79 Å². The number of hydrogen-bond acceptors (Lipinski definition) is 1. The van der Waals surface area contributed by atoms with Gasteiger partial charge in [0.2, 0.25) is 0 Å². The number of carbonyl (C=O) groups excluding carboxylic acids is 1. The predicted molar refractivity (Wildman–Crippen MR) is 67.3 cm³/mol. The highest BCUT2D eigenvalue weighted by molar-refractivity contribution is 9.09. The van der Waals surface area contributed by atoms with Gasteiger partial charge in [0.1, 0.15) is 0 Å². The van der Waals surface area contributed by atoms with Crippen LogP contribution >= 0.6 is 15.9 Å². The smallest absolute Gasteiger partial charge is 0.251 e. The van der Waals surface area contributed by atoms with Crippen molar-refractivity contribution >= 4 is 27.9 Å². The van der Waals surface area contributed by atoms with E-state index < -0.39 is 0 Å². The standard InChI is InChI=1S/C12H14BrNO/c1-14-12(15)11-7-5-10(6-8-11)4-2-3-9-13/h2,4-8H,3,9H2,1H3,(H,14,15). The fourth-order valence-corrected chi connectivity index (χ4v) is 1.44. The zero-order chi connectivity index (χ0) is 11.1. The molecule has 0 atom stereocenters. The second-order valence-corrected chi connectivity index (χ2v) is 3.87. The van der Waals surface area contributed by atoms with E-state index in [9.17, 15) is 4.79 Å². The molecular weight excluding hydrogens is 254 g/mol. The lowest BCUT2D eigenvalue weighted by Crippen LogP contribution is -2.17. The average molecular weight is 268 g/mol. The Morgan fingerprint density at radius 2 is 2.07 bits per heavy atom. The van der Waals surface area contributed by atoms with Crippen LogP contribution < -0.4 is 5.32 Å². The molecule has 0 heterocycles. The van der Waals surface area contributed by atoms with Gasteiger partial charge < -0.3 is 5.32 Å². The molecule has 1 aromatic rings. The van der Waals surface area contributed by atoms with Crippen LogP contribution in [0.1, 0.15) is 22.3 Å². The van der Waals surface area contributed by atoms with E-state index in [1.54, 1.807) is 7.05 Å². The first-order chi connectivity index (χ1) is 7.27. The Hall–Kier alpha value is -1.09. The minimum Gasteiger partial charge on any atom is -0.355 e. The van der Waals surface area contributed by atoms with E-state index in [0.29, 0.717) is 5.56 Å². The minimum absolute atomic E-state index is 0.0500. The summed E-state index contributed by atoms with van der Waals surface area (Å²) in [4.78, 5) is 11.2. The van der Waals surface area contributed by atoms with Crippen LogP contribution in [-0.4, -0.2) is 18.3 Å². The van der Waals surface area contributed by atoms with E-state index in [0.717, 1.165) is 17.3 Å². The van der Waals surface area contributed by atoms with Crippen molar-refractivity contribution in [1.29, 1.82) is 0 Å². The molecule has 1 rings (SSSR count). The molecule has 3 heteroatoms. The van der Waals surface area contributed by atoms with E-state index in [1.165, 1.54) is 0 Å². The lowest BCUT2D eigenvalue weighted by Gasteiger charge is -1.99. The Bertz CT molecular complexity index is 343. The van der Waals surface area contributed by atoms with Gasteiger partial charge in [0.15, 0.2) is 0 Å². The highest BCUT2D eigenvalue weighted by Gasteiger charge is 2.00. The normalized spacial score (nSPS) is 10.5. The molecule has 0 aliphatic carbocycles. The van der Waals surface area contributed by atoms with Crippen molar-refractivity contribution in [3.05, 3.63) is 41.5 Å². The summed E-state index contributed by atoms with van der Waals surface area (Å²) in [6, 6.07) is 7.53. The first-order valence-corrected chi connectivity index (χ1v) is 5.94. The van der Waals surface area contributed by atoms with Crippen molar-refractivity contribution in [2.45, 2.75) is 6.42 Å². The van der Waals surface area contributed by atoms with Crippen LogP contribution in [0.4, 0.5) is 0 Å².